The van der Waals surface area contributed by atoms with Crippen LogP contribution >= 0.6 is 11.6 Å². The van der Waals surface area contributed by atoms with Crippen LogP contribution in [0.15, 0.2) is 42.5 Å². The van der Waals surface area contributed by atoms with Crippen LogP contribution in [0.3, 0.4) is 0 Å². The molecule has 0 atom stereocenters. The topological polar surface area (TPSA) is 75.6 Å². The first-order chi connectivity index (χ1) is 10.5. The van der Waals surface area contributed by atoms with Crippen LogP contribution < -0.4 is 10.1 Å². The van der Waals surface area contributed by atoms with Gasteiger partial charge in [0.15, 0.2) is 6.61 Å². The van der Waals surface area contributed by atoms with Crippen LogP contribution in [0.2, 0.25) is 5.02 Å². The monoisotopic (exact) mass is 319 g/mol. The van der Waals surface area contributed by atoms with E-state index in [-0.39, 0.29) is 18.1 Å². The Kier molecular flexibility index (Phi) is 5.01. The zero-order chi connectivity index (χ0) is 16.1. The molecule has 0 aliphatic carbocycles. The molecule has 0 aliphatic rings. The summed E-state index contributed by atoms with van der Waals surface area (Å²) in [5.74, 6) is -0.861. The number of rotatable bonds is 5. The molecule has 2 aromatic rings. The summed E-state index contributed by atoms with van der Waals surface area (Å²) in [4.78, 5) is 22.7. The summed E-state index contributed by atoms with van der Waals surface area (Å²) < 4.78 is 5.42. The van der Waals surface area contributed by atoms with E-state index in [0.29, 0.717) is 16.5 Å². The van der Waals surface area contributed by atoms with Gasteiger partial charge >= 0.3 is 5.97 Å². The van der Waals surface area contributed by atoms with E-state index in [4.69, 9.17) is 21.4 Å². The molecule has 22 heavy (non-hydrogen) atoms. The highest BCUT2D eigenvalue weighted by Gasteiger charge is 2.08. The SMILES string of the molecule is Cc1cc(Cl)ccc1OCC(=O)Nc1cccc(C(=O)O)c1. The van der Waals surface area contributed by atoms with Crippen LogP contribution in [0.4, 0.5) is 5.69 Å². The van der Waals surface area contributed by atoms with E-state index in [1.807, 2.05) is 6.92 Å². The Hall–Kier alpha value is -2.53. The van der Waals surface area contributed by atoms with Gasteiger partial charge < -0.3 is 15.2 Å². The Morgan fingerprint density at radius 1 is 1.23 bits per heavy atom. The number of aryl methyl sites for hydroxylation is 1. The van der Waals surface area contributed by atoms with Crippen LogP contribution in [0.5, 0.6) is 5.75 Å². The highest BCUT2D eigenvalue weighted by atomic mass is 35.5. The number of carbonyl (C=O) groups is 2. The summed E-state index contributed by atoms with van der Waals surface area (Å²) >= 11 is 5.84. The number of benzene rings is 2. The van der Waals surface area contributed by atoms with Crippen molar-refractivity contribution < 1.29 is 19.4 Å². The van der Waals surface area contributed by atoms with Crippen molar-refractivity contribution >= 4 is 29.2 Å². The summed E-state index contributed by atoms with van der Waals surface area (Å²) in [5.41, 5.74) is 1.33. The number of anilines is 1. The first kappa shape index (κ1) is 15.9. The van der Waals surface area contributed by atoms with Crippen molar-refractivity contribution in [3.05, 3.63) is 58.6 Å². The minimum Gasteiger partial charge on any atom is -0.483 e. The molecule has 114 valence electrons. The Bertz CT molecular complexity index is 715. The number of aromatic carboxylic acids is 1. The van der Waals surface area contributed by atoms with Gasteiger partial charge in [0.25, 0.3) is 5.91 Å². The minimum atomic E-state index is -1.05. The molecule has 0 bridgehead atoms. The van der Waals surface area contributed by atoms with E-state index in [2.05, 4.69) is 5.32 Å². The van der Waals surface area contributed by atoms with Crippen molar-refractivity contribution in [3.63, 3.8) is 0 Å². The van der Waals surface area contributed by atoms with E-state index < -0.39 is 5.97 Å². The molecular weight excluding hydrogens is 306 g/mol. The second kappa shape index (κ2) is 6.95. The van der Waals surface area contributed by atoms with Crippen LogP contribution in [-0.4, -0.2) is 23.6 Å². The first-order valence-electron chi connectivity index (χ1n) is 6.48. The number of carbonyl (C=O) groups excluding carboxylic acids is 1. The zero-order valence-electron chi connectivity index (χ0n) is 11.8. The van der Waals surface area contributed by atoms with E-state index in [1.54, 1.807) is 30.3 Å². The van der Waals surface area contributed by atoms with Gasteiger partial charge in [-0.25, -0.2) is 4.79 Å². The maximum Gasteiger partial charge on any atom is 0.335 e. The molecule has 5 nitrogen and oxygen atoms in total. The van der Waals surface area contributed by atoms with Gasteiger partial charge in [-0.1, -0.05) is 17.7 Å². The molecule has 0 spiro atoms. The lowest BCUT2D eigenvalue weighted by Crippen LogP contribution is -2.20. The van der Waals surface area contributed by atoms with Crippen molar-refractivity contribution in [3.8, 4) is 5.75 Å². The lowest BCUT2D eigenvalue weighted by Gasteiger charge is -2.10. The fourth-order valence-corrected chi connectivity index (χ4v) is 2.07. The molecule has 0 radical (unpaired) electrons. The largest absolute Gasteiger partial charge is 0.483 e. The number of nitrogens with one attached hydrogen (secondary N) is 1. The number of amides is 1. The zero-order valence-corrected chi connectivity index (χ0v) is 12.6. The summed E-state index contributed by atoms with van der Waals surface area (Å²) in [6, 6.07) is 11.1. The molecule has 0 saturated heterocycles. The minimum absolute atomic E-state index is 0.104. The maximum absolute atomic E-state index is 11.8. The van der Waals surface area contributed by atoms with E-state index in [9.17, 15) is 9.59 Å². The summed E-state index contributed by atoms with van der Waals surface area (Å²) in [7, 11) is 0. The van der Waals surface area contributed by atoms with Gasteiger partial charge in [-0.3, -0.25) is 4.79 Å². The third-order valence-electron chi connectivity index (χ3n) is 2.89. The number of hydrogen-bond donors (Lipinski definition) is 2. The molecular formula is C16H14ClNO4. The van der Waals surface area contributed by atoms with E-state index in [1.165, 1.54) is 12.1 Å². The predicted molar refractivity (Wildman–Crippen MR) is 83.7 cm³/mol. The lowest BCUT2D eigenvalue weighted by atomic mass is 10.2. The average molecular weight is 320 g/mol. The molecule has 0 saturated carbocycles. The fraction of sp³-hybridized carbons (Fsp3) is 0.125. The third kappa shape index (κ3) is 4.23. The van der Waals surface area contributed by atoms with Crippen molar-refractivity contribution in [1.29, 1.82) is 0 Å². The first-order valence-corrected chi connectivity index (χ1v) is 6.85. The number of carboxylic acids is 1. The van der Waals surface area contributed by atoms with Gasteiger partial charge in [0.05, 0.1) is 5.56 Å². The van der Waals surface area contributed by atoms with E-state index >= 15 is 0 Å². The fourth-order valence-electron chi connectivity index (χ4n) is 1.85. The number of carboxylic acid groups (broad SMARTS) is 1. The van der Waals surface area contributed by atoms with Crippen molar-refractivity contribution in [2.24, 2.45) is 0 Å². The highest BCUT2D eigenvalue weighted by Crippen LogP contribution is 2.21. The molecule has 0 unspecified atom stereocenters. The van der Waals surface area contributed by atoms with Crippen LogP contribution in [0.1, 0.15) is 15.9 Å². The molecule has 0 aliphatic heterocycles. The van der Waals surface area contributed by atoms with Gasteiger partial charge in [-0.2, -0.15) is 0 Å². The Morgan fingerprint density at radius 3 is 2.68 bits per heavy atom. The van der Waals surface area contributed by atoms with Gasteiger partial charge in [0, 0.05) is 10.7 Å². The summed E-state index contributed by atoms with van der Waals surface area (Å²) in [5, 5.41) is 12.1. The Labute approximate surface area is 132 Å². The summed E-state index contributed by atoms with van der Waals surface area (Å²) in [6.07, 6.45) is 0. The van der Waals surface area contributed by atoms with Gasteiger partial charge in [-0.05, 0) is 48.9 Å². The molecule has 0 aromatic heterocycles. The quantitative estimate of drug-likeness (QED) is 0.886. The number of halogens is 1. The maximum atomic E-state index is 11.8. The van der Waals surface area contributed by atoms with E-state index in [0.717, 1.165) is 5.56 Å². The number of ether oxygens (including phenoxy) is 1. The van der Waals surface area contributed by atoms with Crippen molar-refractivity contribution in [1.82, 2.24) is 0 Å². The van der Waals surface area contributed by atoms with Crippen LogP contribution in [-0.2, 0) is 4.79 Å². The Morgan fingerprint density at radius 2 is 2.00 bits per heavy atom. The second-order valence-electron chi connectivity index (χ2n) is 4.63. The standard InChI is InChI=1S/C16H14ClNO4/c1-10-7-12(17)5-6-14(10)22-9-15(19)18-13-4-2-3-11(8-13)16(20)21/h2-8H,9H2,1H3,(H,18,19)(H,20,21). The molecule has 2 aromatic carbocycles. The van der Waals surface area contributed by atoms with Crippen LogP contribution in [0.25, 0.3) is 0 Å². The molecule has 2 N–H and O–H groups in total. The molecule has 2 rings (SSSR count). The summed E-state index contributed by atoms with van der Waals surface area (Å²) in [6.45, 7) is 1.65. The van der Waals surface area contributed by atoms with Crippen molar-refractivity contribution in [2.75, 3.05) is 11.9 Å². The second-order valence-corrected chi connectivity index (χ2v) is 5.07. The normalized spacial score (nSPS) is 10.1. The molecule has 6 heteroatoms. The van der Waals surface area contributed by atoms with Gasteiger partial charge in [0.1, 0.15) is 5.75 Å². The average Bonchev–Trinajstić information content (AvgIpc) is 2.46. The number of hydrogen-bond acceptors (Lipinski definition) is 3. The Balaban J connectivity index is 1.95. The van der Waals surface area contributed by atoms with Crippen molar-refractivity contribution in [2.45, 2.75) is 6.92 Å². The lowest BCUT2D eigenvalue weighted by molar-refractivity contribution is -0.118. The molecule has 0 fully saturated rings. The molecule has 0 heterocycles. The predicted octanol–water partition coefficient (Wildman–Crippen LogP) is 3.36. The third-order valence-corrected chi connectivity index (χ3v) is 3.12. The smallest absolute Gasteiger partial charge is 0.335 e. The molecule has 1 amide bonds. The van der Waals surface area contributed by atoms with Gasteiger partial charge in [0.2, 0.25) is 0 Å². The highest BCUT2D eigenvalue weighted by molar-refractivity contribution is 6.30. The van der Waals surface area contributed by atoms with Gasteiger partial charge in [-0.15, -0.1) is 0 Å². The van der Waals surface area contributed by atoms with Crippen LogP contribution in [0, 0.1) is 6.92 Å².